The lowest BCUT2D eigenvalue weighted by molar-refractivity contribution is -0.0454. The highest BCUT2D eigenvalue weighted by Gasteiger charge is 2.28. The van der Waals surface area contributed by atoms with Gasteiger partial charge in [-0.2, -0.15) is 13.2 Å². The van der Waals surface area contributed by atoms with Crippen molar-refractivity contribution in [3.63, 3.8) is 0 Å². The highest BCUT2D eigenvalue weighted by atomic mass is 19.4. The maximum atomic E-state index is 10.8. The molecule has 0 aromatic heterocycles. The Kier molecular flexibility index (Phi) is 1.70. The maximum Gasteiger partial charge on any atom is 0.391 e. The molecule has 0 spiro atoms. The van der Waals surface area contributed by atoms with Crippen LogP contribution >= 0.6 is 0 Å². The molecule has 0 fully saturated rings. The fourth-order valence-corrected chi connectivity index (χ4v) is 0.0732. The van der Waals surface area contributed by atoms with Crippen LogP contribution in [-0.2, 0) is 0 Å². The first-order valence-corrected chi connectivity index (χ1v) is 1.37. The SMILES string of the molecule is N#C[B]C(F)(F)F. The Labute approximate surface area is 39.0 Å². The number of nitrogens with zero attached hydrogens (tertiary/aromatic N) is 1. The number of alkyl halides is 3. The molecule has 5 heteroatoms. The standard InChI is InChI=1S/C2BF3N/c4-2(5,6)3-1-7. The van der Waals surface area contributed by atoms with Crippen LogP contribution in [0.3, 0.4) is 0 Å². The number of nitriles is 1. The zero-order valence-corrected chi connectivity index (χ0v) is 3.16. The van der Waals surface area contributed by atoms with E-state index in [9.17, 15) is 13.2 Å². The summed E-state index contributed by atoms with van der Waals surface area (Å²) in [6, 6.07) is 0. The third kappa shape index (κ3) is 5.34. The van der Waals surface area contributed by atoms with Gasteiger partial charge in [-0.3, -0.25) is 0 Å². The Morgan fingerprint density at radius 2 is 1.86 bits per heavy atom. The lowest BCUT2D eigenvalue weighted by atomic mass is 9.81. The monoisotopic (exact) mass is 106 g/mol. The van der Waals surface area contributed by atoms with Gasteiger partial charge in [0.05, 0.1) is 0 Å². The summed E-state index contributed by atoms with van der Waals surface area (Å²) in [7, 11) is -0.382. The van der Waals surface area contributed by atoms with Crippen LogP contribution in [0.4, 0.5) is 13.2 Å². The summed E-state index contributed by atoms with van der Waals surface area (Å²) in [5, 5.41) is 7.38. The molecule has 0 saturated carbocycles. The normalized spacial score (nSPS) is 10.0. The lowest BCUT2D eigenvalue weighted by Gasteiger charge is -1.93. The van der Waals surface area contributed by atoms with Crippen LogP contribution in [0.1, 0.15) is 0 Å². The Morgan fingerprint density at radius 1 is 1.43 bits per heavy atom. The minimum Gasteiger partial charge on any atom is -0.213 e. The highest BCUT2D eigenvalue weighted by Crippen LogP contribution is 2.10. The molecule has 0 atom stereocenters. The zero-order valence-electron chi connectivity index (χ0n) is 3.16. The van der Waals surface area contributed by atoms with E-state index in [1.807, 2.05) is 0 Å². The summed E-state index contributed by atoms with van der Waals surface area (Å²) < 4.78 is 32.3. The van der Waals surface area contributed by atoms with Crippen molar-refractivity contribution in [3.8, 4) is 5.97 Å². The molecule has 0 bridgehead atoms. The third-order valence-electron chi connectivity index (χ3n) is 0.228. The fraction of sp³-hybridized carbons (Fsp3) is 0.500. The molecule has 0 aliphatic heterocycles. The third-order valence-corrected chi connectivity index (χ3v) is 0.228. The van der Waals surface area contributed by atoms with E-state index < -0.39 is 6.08 Å². The second kappa shape index (κ2) is 1.87. The first-order valence-electron chi connectivity index (χ1n) is 1.37. The molecule has 0 unspecified atom stereocenters. The van der Waals surface area contributed by atoms with Crippen molar-refractivity contribution in [1.29, 1.82) is 5.26 Å². The van der Waals surface area contributed by atoms with Gasteiger partial charge in [0.1, 0.15) is 0 Å². The van der Waals surface area contributed by atoms with E-state index in [-0.39, 0.29) is 7.28 Å². The molecule has 1 radical (unpaired) electrons. The Bertz CT molecular complexity index is 90.1. The van der Waals surface area contributed by atoms with Crippen molar-refractivity contribution in [2.45, 2.75) is 6.08 Å². The van der Waals surface area contributed by atoms with Crippen LogP contribution in [0.2, 0.25) is 0 Å². The van der Waals surface area contributed by atoms with E-state index in [1.165, 1.54) is 0 Å². The van der Waals surface area contributed by atoms with E-state index in [1.54, 1.807) is 0 Å². The summed E-state index contributed by atoms with van der Waals surface area (Å²) >= 11 is 0. The average Bonchev–Trinajstić information content (AvgIpc) is 1.30. The van der Waals surface area contributed by atoms with Crippen LogP contribution in [-0.4, -0.2) is 13.4 Å². The largest absolute Gasteiger partial charge is 0.391 e. The molecular weight excluding hydrogens is 106 g/mol. The van der Waals surface area contributed by atoms with E-state index in [0.29, 0.717) is 0 Å². The van der Waals surface area contributed by atoms with E-state index in [0.717, 1.165) is 5.97 Å². The summed E-state index contributed by atoms with van der Waals surface area (Å²) in [6.07, 6.45) is -4.44. The maximum absolute atomic E-state index is 10.8. The predicted octanol–water partition coefficient (Wildman–Crippen LogP) is 0.691. The first-order chi connectivity index (χ1) is 3.06. The molecule has 0 amide bonds. The van der Waals surface area contributed by atoms with Crippen molar-refractivity contribution in [1.82, 2.24) is 0 Å². The van der Waals surface area contributed by atoms with Crippen LogP contribution in [0.5, 0.6) is 0 Å². The molecule has 7 heavy (non-hydrogen) atoms. The number of hydrogen-bond donors (Lipinski definition) is 0. The number of rotatable bonds is 0. The van der Waals surface area contributed by atoms with E-state index in [4.69, 9.17) is 5.26 Å². The van der Waals surface area contributed by atoms with Gasteiger partial charge in [-0.1, -0.05) is 0 Å². The van der Waals surface area contributed by atoms with Crippen molar-refractivity contribution in [2.75, 3.05) is 0 Å². The van der Waals surface area contributed by atoms with Crippen molar-refractivity contribution in [2.24, 2.45) is 0 Å². The minimum absolute atomic E-state index is 0.382. The predicted molar refractivity (Wildman–Crippen MR) is 17.4 cm³/mol. The smallest absolute Gasteiger partial charge is 0.213 e. The van der Waals surface area contributed by atoms with Gasteiger partial charge in [-0.15, -0.1) is 0 Å². The van der Waals surface area contributed by atoms with E-state index >= 15 is 0 Å². The highest BCUT2D eigenvalue weighted by molar-refractivity contribution is 6.47. The molecule has 0 aliphatic rings. The topological polar surface area (TPSA) is 23.8 Å². The second-order valence-corrected chi connectivity index (χ2v) is 0.815. The molecule has 0 rings (SSSR count). The second-order valence-electron chi connectivity index (χ2n) is 0.815. The van der Waals surface area contributed by atoms with Crippen molar-refractivity contribution >= 4 is 7.28 Å². The van der Waals surface area contributed by atoms with Gasteiger partial charge in [0.25, 0.3) is 0 Å². The average molecular weight is 106 g/mol. The van der Waals surface area contributed by atoms with Gasteiger partial charge in [0.15, 0.2) is 0 Å². The van der Waals surface area contributed by atoms with Gasteiger partial charge >= 0.3 is 13.4 Å². The van der Waals surface area contributed by atoms with Gasteiger partial charge < -0.3 is 0 Å². The summed E-state index contributed by atoms with van der Waals surface area (Å²) in [5.74, 6) is 0.858. The van der Waals surface area contributed by atoms with Gasteiger partial charge in [0, 0.05) is 5.97 Å². The minimum atomic E-state index is -4.44. The van der Waals surface area contributed by atoms with Gasteiger partial charge in [-0.25, -0.2) is 5.26 Å². The summed E-state index contributed by atoms with van der Waals surface area (Å²) in [6.45, 7) is 0. The van der Waals surface area contributed by atoms with Crippen molar-refractivity contribution in [3.05, 3.63) is 0 Å². The molecule has 0 aliphatic carbocycles. The molecule has 0 saturated heterocycles. The molecule has 0 heterocycles. The van der Waals surface area contributed by atoms with E-state index in [2.05, 4.69) is 0 Å². The summed E-state index contributed by atoms with van der Waals surface area (Å²) in [4.78, 5) is 0. The number of hydrogen-bond acceptors (Lipinski definition) is 1. The zero-order chi connectivity index (χ0) is 5.91. The quantitative estimate of drug-likeness (QED) is 0.416. The molecule has 0 N–H and O–H groups in total. The first kappa shape index (κ1) is 6.34. The van der Waals surface area contributed by atoms with Gasteiger partial charge in [-0.05, 0) is 0 Å². The molecule has 1 nitrogen and oxygen atoms in total. The molecule has 37 valence electrons. The molecule has 0 aromatic carbocycles. The van der Waals surface area contributed by atoms with Crippen LogP contribution in [0, 0.1) is 11.2 Å². The van der Waals surface area contributed by atoms with Crippen LogP contribution in [0.15, 0.2) is 0 Å². The van der Waals surface area contributed by atoms with Crippen LogP contribution in [0.25, 0.3) is 0 Å². The Hall–Kier alpha value is -0.655. The Balaban J connectivity index is 3.40. The number of halogens is 3. The van der Waals surface area contributed by atoms with Crippen molar-refractivity contribution < 1.29 is 13.2 Å². The molecular formula is C2BF3N. The van der Waals surface area contributed by atoms with Crippen LogP contribution < -0.4 is 0 Å². The lowest BCUT2D eigenvalue weighted by Crippen LogP contribution is -2.15. The van der Waals surface area contributed by atoms with Gasteiger partial charge in [0.2, 0.25) is 0 Å². The molecule has 0 aromatic rings. The fourth-order valence-electron chi connectivity index (χ4n) is 0.0732. The Morgan fingerprint density at radius 3 is 1.86 bits per heavy atom. The summed E-state index contributed by atoms with van der Waals surface area (Å²) in [5.41, 5.74) is 0.